The molecule has 4 aromatic carbocycles. The van der Waals surface area contributed by atoms with Crippen molar-refractivity contribution in [3.8, 4) is 0 Å². The number of hydrogen-bond acceptors (Lipinski definition) is 0. The summed E-state index contributed by atoms with van der Waals surface area (Å²) >= 11 is 0. The zero-order valence-corrected chi connectivity index (χ0v) is 34.3. The molecule has 0 aromatic heterocycles. The van der Waals surface area contributed by atoms with E-state index in [1.54, 1.807) is 0 Å². The van der Waals surface area contributed by atoms with Gasteiger partial charge in [0.1, 0.15) is 0 Å². The van der Waals surface area contributed by atoms with Gasteiger partial charge in [-0.3, -0.25) is 0 Å². The van der Waals surface area contributed by atoms with Crippen LogP contribution in [0.1, 0.15) is 144 Å². The van der Waals surface area contributed by atoms with E-state index in [9.17, 15) is 0 Å². The Labute approximate surface area is 318 Å². The summed E-state index contributed by atoms with van der Waals surface area (Å²) in [5.41, 5.74) is 20.4. The molecule has 0 spiro atoms. The maximum absolute atomic E-state index is 4.21. The van der Waals surface area contributed by atoms with Crippen molar-refractivity contribution in [2.45, 2.75) is 113 Å². The quantitative estimate of drug-likeness (QED) is 0.166. The van der Waals surface area contributed by atoms with Gasteiger partial charge in [0.15, 0.2) is 0 Å². The Morgan fingerprint density at radius 2 is 1.36 bits per heavy atom. The van der Waals surface area contributed by atoms with Gasteiger partial charge in [0.25, 0.3) is 0 Å². The smallest absolute Gasteiger partial charge is 0.00937 e. The van der Waals surface area contributed by atoms with Gasteiger partial charge in [0, 0.05) is 16.7 Å². The monoisotopic (exact) mass is 693 g/mol. The highest BCUT2D eigenvalue weighted by atomic mass is 14.4. The number of fused-ring (bicyclic) bond motifs is 4. The molecule has 4 aliphatic carbocycles. The number of benzene rings is 4. The molecule has 1 radical (unpaired) electrons. The van der Waals surface area contributed by atoms with Crippen LogP contribution in [0, 0.1) is 35.6 Å². The van der Waals surface area contributed by atoms with Crippen LogP contribution in [0.2, 0.25) is 0 Å². The Hall–Kier alpha value is -4.42. The zero-order chi connectivity index (χ0) is 37.8. The third kappa shape index (κ3) is 5.71. The molecule has 1 atom stereocenters. The van der Waals surface area contributed by atoms with Gasteiger partial charge in [-0.05, 0) is 151 Å². The van der Waals surface area contributed by atoms with Crippen molar-refractivity contribution in [2.75, 3.05) is 0 Å². The molecule has 0 saturated heterocycles. The lowest BCUT2D eigenvalue weighted by molar-refractivity contribution is 0.514. The molecule has 0 heterocycles. The Bertz CT molecular complexity index is 2520. The summed E-state index contributed by atoms with van der Waals surface area (Å²) in [4.78, 5) is 0. The van der Waals surface area contributed by atoms with Gasteiger partial charge in [-0.2, -0.15) is 0 Å². The molecule has 53 heavy (non-hydrogen) atoms. The standard InChI is InChI=1S/C53H57/c1-13-14-15-37-24-39(51(6,7)8)27-41(37)48-43-25-38-26-44-40(33(4)29-52(44,9)10)28-42(38)47(43)49(45-34(5)30-53(11,12)50(45)48)46(35-20-16-31(2)17-21-35)36-22-18-32(3)19-23-36/h16-24,26-30,37H,13-15H2,1-12H3. The molecule has 4 aliphatic rings. The van der Waals surface area contributed by atoms with Gasteiger partial charge < -0.3 is 0 Å². The molecular weight excluding hydrogens is 637 g/mol. The van der Waals surface area contributed by atoms with E-state index >= 15 is 0 Å². The fraction of sp³-hybridized carbons (Fsp3) is 0.358. The second-order valence-corrected chi connectivity index (χ2v) is 18.7. The van der Waals surface area contributed by atoms with E-state index in [2.05, 4.69) is 174 Å². The van der Waals surface area contributed by atoms with Crippen LogP contribution in [0.15, 0.2) is 90.5 Å². The molecular formula is C53H57. The first-order valence-corrected chi connectivity index (χ1v) is 20.1. The van der Waals surface area contributed by atoms with Crippen molar-refractivity contribution in [3.05, 3.63) is 167 Å². The zero-order valence-electron chi connectivity index (χ0n) is 34.3. The molecule has 8 rings (SSSR count). The van der Waals surface area contributed by atoms with Gasteiger partial charge in [0.2, 0.25) is 0 Å². The van der Waals surface area contributed by atoms with Crippen LogP contribution in [0.4, 0.5) is 0 Å². The topological polar surface area (TPSA) is 0 Å². The lowest BCUT2D eigenvalue weighted by Crippen LogP contribution is -2.25. The lowest BCUT2D eigenvalue weighted by Gasteiger charge is -2.28. The van der Waals surface area contributed by atoms with E-state index in [-0.39, 0.29) is 16.2 Å². The molecule has 0 fully saturated rings. The summed E-state index contributed by atoms with van der Waals surface area (Å²) in [7, 11) is 0. The van der Waals surface area contributed by atoms with Crippen LogP contribution in [0.3, 0.4) is 0 Å². The van der Waals surface area contributed by atoms with Gasteiger partial charge >= 0.3 is 0 Å². The molecule has 269 valence electrons. The number of rotatable bonds is 6. The first-order valence-electron chi connectivity index (χ1n) is 20.1. The molecule has 0 aliphatic heterocycles. The Morgan fingerprint density at radius 3 is 1.94 bits per heavy atom. The minimum absolute atomic E-state index is 0.00846. The Morgan fingerprint density at radius 1 is 0.755 bits per heavy atom. The van der Waals surface area contributed by atoms with Crippen LogP contribution in [0.25, 0.3) is 28.4 Å². The molecule has 0 heteroatoms. The fourth-order valence-corrected chi connectivity index (χ4v) is 9.92. The van der Waals surface area contributed by atoms with Gasteiger partial charge in [0.05, 0.1) is 0 Å². The van der Waals surface area contributed by atoms with E-state index in [4.69, 9.17) is 0 Å². The largest absolute Gasteiger partial charge is 0.0732 e. The third-order valence-electron chi connectivity index (χ3n) is 12.5. The molecule has 0 saturated carbocycles. The average Bonchev–Trinajstić information content (AvgIpc) is 3.80. The fourth-order valence-electron chi connectivity index (χ4n) is 9.92. The second-order valence-electron chi connectivity index (χ2n) is 18.7. The van der Waals surface area contributed by atoms with Crippen LogP contribution in [-0.2, 0) is 10.8 Å². The number of aryl methyl sites for hydroxylation is 2. The molecule has 0 nitrogen and oxygen atoms in total. The van der Waals surface area contributed by atoms with Crippen molar-refractivity contribution < 1.29 is 0 Å². The van der Waals surface area contributed by atoms with Crippen LogP contribution >= 0.6 is 0 Å². The van der Waals surface area contributed by atoms with Gasteiger partial charge in [-0.15, -0.1) is 0 Å². The minimum atomic E-state index is -0.148. The van der Waals surface area contributed by atoms with Gasteiger partial charge in [-0.1, -0.05) is 152 Å². The van der Waals surface area contributed by atoms with Crippen LogP contribution in [-0.4, -0.2) is 0 Å². The minimum Gasteiger partial charge on any atom is -0.0732 e. The van der Waals surface area contributed by atoms with Crippen molar-refractivity contribution in [1.82, 2.24) is 0 Å². The molecule has 0 bridgehead atoms. The SMILES string of the molecule is CCCCC1C=C(C(C)(C)C)C=C1c1c2c(c(=C(c3ccc(C)cc3)c3ccc(C)cc3)c3c1[C]=c1cc4c(cc1=3)C(C)=CC4(C)C)C(C)=CC2(C)C. The maximum Gasteiger partial charge on any atom is 0.00937 e. The summed E-state index contributed by atoms with van der Waals surface area (Å²) in [5.74, 6) is 0.386. The van der Waals surface area contributed by atoms with E-state index in [1.807, 2.05) is 0 Å². The average molecular weight is 694 g/mol. The highest BCUT2D eigenvalue weighted by Crippen LogP contribution is 2.50. The second kappa shape index (κ2) is 12.3. The van der Waals surface area contributed by atoms with E-state index in [0.717, 1.165) is 0 Å². The first kappa shape index (κ1) is 35.6. The predicted octanol–water partition coefficient (Wildman–Crippen LogP) is 12.4. The Kier molecular flexibility index (Phi) is 8.27. The summed E-state index contributed by atoms with van der Waals surface area (Å²) in [5, 5.41) is 5.28. The Balaban J connectivity index is 1.65. The summed E-state index contributed by atoms with van der Waals surface area (Å²) < 4.78 is 0. The van der Waals surface area contributed by atoms with E-state index in [1.165, 1.54) is 124 Å². The summed E-state index contributed by atoms with van der Waals surface area (Å²) in [6, 6.07) is 23.5. The summed E-state index contributed by atoms with van der Waals surface area (Å²) in [6.45, 7) is 28.1. The number of unbranched alkanes of at least 4 members (excludes halogenated alkanes) is 1. The van der Waals surface area contributed by atoms with Crippen molar-refractivity contribution in [2.24, 2.45) is 11.3 Å². The van der Waals surface area contributed by atoms with Crippen molar-refractivity contribution in [1.29, 1.82) is 0 Å². The first-order chi connectivity index (χ1) is 25.0. The number of allylic oxidation sites excluding steroid dienone is 8. The van der Waals surface area contributed by atoms with Crippen molar-refractivity contribution >= 4 is 28.4 Å². The van der Waals surface area contributed by atoms with Crippen LogP contribution in [0.5, 0.6) is 0 Å². The predicted molar refractivity (Wildman–Crippen MR) is 228 cm³/mol. The van der Waals surface area contributed by atoms with E-state index in [0.29, 0.717) is 5.92 Å². The molecule has 1 unspecified atom stereocenters. The molecule has 0 amide bonds. The lowest BCUT2D eigenvalue weighted by atomic mass is 9.75. The highest BCUT2D eigenvalue weighted by Gasteiger charge is 2.39. The van der Waals surface area contributed by atoms with Crippen molar-refractivity contribution in [3.63, 3.8) is 0 Å². The third-order valence-corrected chi connectivity index (χ3v) is 12.5. The summed E-state index contributed by atoms with van der Waals surface area (Å²) in [6.07, 6.45) is 18.0. The number of hydrogen-bond donors (Lipinski definition) is 0. The molecule has 0 N–H and O–H groups in total. The highest BCUT2D eigenvalue weighted by molar-refractivity contribution is 5.93. The van der Waals surface area contributed by atoms with Gasteiger partial charge in [-0.25, -0.2) is 0 Å². The molecule has 4 aromatic rings. The van der Waals surface area contributed by atoms with Crippen LogP contribution < -0.4 is 10.4 Å². The van der Waals surface area contributed by atoms with E-state index < -0.39 is 0 Å². The normalized spacial score (nSPS) is 18.8. The maximum atomic E-state index is 4.21.